The summed E-state index contributed by atoms with van der Waals surface area (Å²) < 4.78 is 110. The SMILES string of the molecule is CNC(CCCNC(=O)CCOCCOCCOCCOCCOCCOCCOCCOCCOCCOCCOCCOCCN(C[C@H](O)[C@@H](O)[C@H](O)[C@H](O)CO)C[C@H](O)[C@@H](O)[C@H](O)[C@H](O)CO)C(=O)NCCOCCOCCOCCOCCOCCOCCOCCOCCN(C[C@H](O)[C@@H](O)[C@H](O)[C@H](O)CO)C[C@H](O)[C@@H](O)[C@H](O)[C@H](O)CO. The molecular weight excluding hydrogens is 1640 g/mol. The van der Waals surface area contributed by atoms with E-state index in [0.29, 0.717) is 231 Å². The lowest BCUT2D eigenvalue weighted by Crippen LogP contribution is -2.53. The van der Waals surface area contributed by atoms with Gasteiger partial charge in [0.1, 0.15) is 73.2 Å². The minimum atomic E-state index is -1.90. The molecule has 47 nitrogen and oxygen atoms in total. The molecule has 0 radical (unpaired) electrons. The maximum absolute atomic E-state index is 12.7. The summed E-state index contributed by atoms with van der Waals surface area (Å²) in [5.41, 5.74) is 0. The van der Waals surface area contributed by atoms with Gasteiger partial charge in [-0.2, -0.15) is 0 Å². The van der Waals surface area contributed by atoms with Crippen molar-refractivity contribution in [3.8, 4) is 0 Å². The number of hydrogen-bond donors (Lipinski definition) is 23. The van der Waals surface area contributed by atoms with Gasteiger partial charge >= 0.3 is 0 Å². The lowest BCUT2D eigenvalue weighted by atomic mass is 10.0. The maximum atomic E-state index is 12.7. The summed E-state index contributed by atoms with van der Waals surface area (Å²) >= 11 is 0. The molecule has 0 saturated carbocycles. The largest absolute Gasteiger partial charge is 0.394 e. The predicted molar refractivity (Wildman–Crippen MR) is 426 cm³/mol. The summed E-state index contributed by atoms with van der Waals surface area (Å²) in [6.45, 7) is 8.62. The fourth-order valence-electron chi connectivity index (χ4n) is 10.4. The highest BCUT2D eigenvalue weighted by molar-refractivity contribution is 5.81. The zero-order chi connectivity index (χ0) is 90.3. The van der Waals surface area contributed by atoms with Crippen LogP contribution in [-0.2, 0) is 104 Å². The number of likely N-dealkylation sites (N-methyl/N-ethyl adjacent to an activating group) is 1. The smallest absolute Gasteiger partial charge is 0.237 e. The van der Waals surface area contributed by atoms with E-state index >= 15 is 0 Å². The van der Waals surface area contributed by atoms with Gasteiger partial charge < -0.3 is 213 Å². The molecule has 0 fully saturated rings. The lowest BCUT2D eigenvalue weighted by molar-refractivity contribution is -0.131. The van der Waals surface area contributed by atoms with Crippen LogP contribution in [0, 0.1) is 0 Å². The minimum absolute atomic E-state index is 0.00857. The van der Waals surface area contributed by atoms with Crippen LogP contribution in [0.4, 0.5) is 0 Å². The van der Waals surface area contributed by atoms with E-state index in [1.54, 1.807) is 7.05 Å². The van der Waals surface area contributed by atoms with Crippen molar-refractivity contribution in [3.63, 3.8) is 0 Å². The van der Waals surface area contributed by atoms with Crippen molar-refractivity contribution < 1.29 is 206 Å². The highest BCUT2D eigenvalue weighted by Crippen LogP contribution is 2.14. The van der Waals surface area contributed by atoms with Crippen LogP contribution in [0.2, 0.25) is 0 Å². The summed E-state index contributed by atoms with van der Waals surface area (Å²) in [5.74, 6) is -0.319. The van der Waals surface area contributed by atoms with Gasteiger partial charge in [0.25, 0.3) is 0 Å². The fraction of sp³-hybridized carbons (Fsp3) is 0.973. The highest BCUT2D eigenvalue weighted by atomic mass is 16.6. The number of amides is 2. The fourth-order valence-corrected chi connectivity index (χ4v) is 10.4. The van der Waals surface area contributed by atoms with E-state index in [1.807, 2.05) is 0 Å². The van der Waals surface area contributed by atoms with Gasteiger partial charge in [-0.15, -0.1) is 0 Å². The molecule has 0 spiro atoms. The van der Waals surface area contributed by atoms with E-state index in [9.17, 15) is 91.3 Å². The van der Waals surface area contributed by atoms with Crippen molar-refractivity contribution in [2.45, 2.75) is 123 Å². The van der Waals surface area contributed by atoms with Crippen molar-refractivity contribution in [1.82, 2.24) is 25.8 Å². The first kappa shape index (κ1) is 119. The summed E-state index contributed by atoms with van der Waals surface area (Å²) in [4.78, 5) is 27.6. The van der Waals surface area contributed by atoms with E-state index in [1.165, 1.54) is 9.80 Å². The molecule has 2 amide bonds. The number of nitrogens with zero attached hydrogens (tertiary/aromatic N) is 2. The molecule has 0 aromatic rings. The first-order valence-corrected chi connectivity index (χ1v) is 41.6. The third-order valence-corrected chi connectivity index (χ3v) is 17.6. The van der Waals surface area contributed by atoms with Crippen LogP contribution in [0.5, 0.6) is 0 Å². The Morgan fingerprint density at radius 2 is 0.434 bits per heavy atom. The van der Waals surface area contributed by atoms with E-state index < -0.39 is 156 Å². The molecule has 0 rings (SSSR count). The molecular formula is C75H153N5O42. The zero-order valence-corrected chi connectivity index (χ0v) is 71.0. The van der Waals surface area contributed by atoms with Gasteiger partial charge in [-0.1, -0.05) is 0 Å². The van der Waals surface area contributed by atoms with E-state index in [0.717, 1.165) is 0 Å². The maximum Gasteiger partial charge on any atom is 0.237 e. The van der Waals surface area contributed by atoms with Crippen molar-refractivity contribution in [2.75, 3.05) is 350 Å². The quantitative estimate of drug-likeness (QED) is 0.0251. The Hall–Kier alpha value is -2.78. The average Bonchev–Trinajstić information content (AvgIpc) is 0.863. The Balaban J connectivity index is 3.64. The second-order valence-electron chi connectivity index (χ2n) is 27.3. The number of aliphatic hydroxyl groups is 20. The van der Waals surface area contributed by atoms with Crippen LogP contribution in [0.3, 0.4) is 0 Å². The second-order valence-corrected chi connectivity index (χ2v) is 27.3. The van der Waals surface area contributed by atoms with E-state index in [-0.39, 0.29) is 90.8 Å². The van der Waals surface area contributed by atoms with Crippen LogP contribution in [-0.4, -0.2) is 578 Å². The Morgan fingerprint density at radius 1 is 0.246 bits per heavy atom. The first-order valence-electron chi connectivity index (χ1n) is 41.6. The van der Waals surface area contributed by atoms with Crippen molar-refractivity contribution in [3.05, 3.63) is 0 Å². The predicted octanol–water partition coefficient (Wildman–Crippen LogP) is -13.3. The summed E-state index contributed by atoms with van der Waals surface area (Å²) in [6.07, 6.45) is -27.6. The molecule has 0 heterocycles. The van der Waals surface area contributed by atoms with Crippen molar-refractivity contribution in [2.24, 2.45) is 0 Å². The van der Waals surface area contributed by atoms with Gasteiger partial charge in [0.2, 0.25) is 11.8 Å². The van der Waals surface area contributed by atoms with Gasteiger partial charge in [0.15, 0.2) is 0 Å². The standard InChI is InChI=1S/C75H153N5O42/c1-76-57(75(102)78-6-10-104-14-18-108-22-26-112-30-34-116-38-39-117-35-31-113-27-23-109-19-15-105-11-7-79(49-58(85)67(94)71(98)62(89)53-81)50-59(86)68(95)72(99)63(90)54-82)3-2-5-77-66(93)4-9-103-13-17-107-21-25-111-29-33-115-37-41-119-43-45-121-47-48-122-46-44-120-42-40-118-36-32-114-28-24-110-20-16-106-12-8-80(51-60(87)69(96)73(100)64(91)55-83)52-61(88)70(97)74(101)65(92)56-84/h57-65,67-74,76,81-92,94-101H,2-56H2,1H3,(H,77,93)(H,78,102)/t57?,58-,59-,60-,61-,62+,63+,64+,65+,67+,68+,69+,70+,71+,72+,73+,74+/m0/s1. The molecule has 0 aromatic heterocycles. The van der Waals surface area contributed by atoms with Gasteiger partial charge in [-0.3, -0.25) is 19.4 Å². The zero-order valence-electron chi connectivity index (χ0n) is 71.0. The van der Waals surface area contributed by atoms with E-state index in [4.69, 9.17) is 115 Å². The number of carbonyl (C=O) groups excluding carboxylic acids is 2. The minimum Gasteiger partial charge on any atom is -0.394 e. The normalized spacial score (nSPS) is 16.4. The van der Waals surface area contributed by atoms with Crippen LogP contribution in [0.25, 0.3) is 0 Å². The van der Waals surface area contributed by atoms with E-state index in [2.05, 4.69) is 16.0 Å². The summed E-state index contributed by atoms with van der Waals surface area (Å²) in [5, 5.41) is 206. The average molecular weight is 1800 g/mol. The molecule has 17 atom stereocenters. The van der Waals surface area contributed by atoms with Gasteiger partial charge in [0.05, 0.1) is 321 Å². The highest BCUT2D eigenvalue weighted by Gasteiger charge is 2.37. The van der Waals surface area contributed by atoms with Crippen molar-refractivity contribution >= 4 is 11.8 Å². The van der Waals surface area contributed by atoms with Gasteiger partial charge in [-0.05, 0) is 19.9 Å². The molecule has 0 saturated heterocycles. The molecule has 23 N–H and O–H groups in total. The van der Waals surface area contributed by atoms with Crippen LogP contribution >= 0.6 is 0 Å². The Kier molecular flexibility index (Phi) is 83.1. The topological polar surface area (TPSA) is 666 Å². The number of aliphatic hydroxyl groups excluding tert-OH is 20. The number of rotatable bonds is 96. The monoisotopic (exact) mass is 1800 g/mol. The van der Waals surface area contributed by atoms with Crippen LogP contribution < -0.4 is 16.0 Å². The molecule has 0 aliphatic rings. The number of hydrogen-bond acceptors (Lipinski definition) is 45. The molecule has 47 heteroatoms. The Morgan fingerprint density at radius 3 is 0.639 bits per heavy atom. The summed E-state index contributed by atoms with van der Waals surface area (Å²) in [6, 6.07) is -0.432. The Labute approximate surface area is 714 Å². The van der Waals surface area contributed by atoms with Gasteiger partial charge in [0, 0.05) is 58.8 Å². The second kappa shape index (κ2) is 85.0. The molecule has 0 aliphatic carbocycles. The molecule has 0 aromatic carbocycles. The summed E-state index contributed by atoms with van der Waals surface area (Å²) in [7, 11) is 1.70. The molecule has 122 heavy (non-hydrogen) atoms. The van der Waals surface area contributed by atoms with Crippen LogP contribution in [0.15, 0.2) is 0 Å². The first-order chi connectivity index (χ1) is 59.0. The molecule has 0 aliphatic heterocycles. The van der Waals surface area contributed by atoms with Crippen LogP contribution in [0.1, 0.15) is 19.3 Å². The van der Waals surface area contributed by atoms with Gasteiger partial charge in [-0.25, -0.2) is 0 Å². The third kappa shape index (κ3) is 67.4. The number of carbonyl (C=O) groups is 2. The van der Waals surface area contributed by atoms with Crippen molar-refractivity contribution in [1.29, 1.82) is 0 Å². The number of nitrogens with one attached hydrogen (secondary N) is 3. The Bertz CT molecular complexity index is 2190. The number of ether oxygens (including phenoxy) is 20. The molecule has 730 valence electrons. The lowest BCUT2D eigenvalue weighted by Gasteiger charge is -2.33. The third-order valence-electron chi connectivity index (χ3n) is 17.6. The molecule has 1 unspecified atom stereocenters. The molecule has 0 bridgehead atoms.